The molecule has 0 aliphatic carbocycles. The van der Waals surface area contributed by atoms with Crippen LogP contribution in [0.15, 0.2) is 72.8 Å². The minimum Gasteiger partial charge on any atom is -0.497 e. The van der Waals surface area contributed by atoms with Crippen molar-refractivity contribution in [2.45, 2.75) is 44.1 Å². The summed E-state index contributed by atoms with van der Waals surface area (Å²) in [6.07, 6.45) is 2.62. The highest BCUT2D eigenvalue weighted by atomic mass is 35.5. The highest BCUT2D eigenvalue weighted by Gasteiger charge is 2.45. The third-order valence-electron chi connectivity index (χ3n) is 7.28. The zero-order valence-corrected chi connectivity index (χ0v) is 21.7. The van der Waals surface area contributed by atoms with E-state index in [9.17, 15) is 0 Å². The molecule has 0 radical (unpaired) electrons. The molecule has 5 heteroatoms. The fourth-order valence-electron chi connectivity index (χ4n) is 5.61. The van der Waals surface area contributed by atoms with Crippen molar-refractivity contribution in [1.29, 1.82) is 0 Å². The highest BCUT2D eigenvalue weighted by Crippen LogP contribution is 2.53. The van der Waals surface area contributed by atoms with Gasteiger partial charge in [-0.1, -0.05) is 48.5 Å². The maximum Gasteiger partial charge on any atom is 0.127 e. The average molecular weight is 494 g/mol. The van der Waals surface area contributed by atoms with Crippen LogP contribution < -0.4 is 14.2 Å². The molecule has 0 spiro atoms. The number of rotatable bonds is 7. The van der Waals surface area contributed by atoms with E-state index in [0.29, 0.717) is 0 Å². The van der Waals surface area contributed by atoms with Crippen molar-refractivity contribution < 1.29 is 14.2 Å². The first kappa shape index (κ1) is 25.4. The molecule has 2 unspecified atom stereocenters. The van der Waals surface area contributed by atoms with Crippen molar-refractivity contribution in [3.63, 3.8) is 0 Å². The smallest absolute Gasteiger partial charge is 0.127 e. The third-order valence-corrected chi connectivity index (χ3v) is 7.28. The number of hydrogen-bond donors (Lipinski definition) is 0. The summed E-state index contributed by atoms with van der Waals surface area (Å²) in [5.74, 6) is 2.97. The molecule has 0 amide bonds. The summed E-state index contributed by atoms with van der Waals surface area (Å²) in [5, 5.41) is 0. The summed E-state index contributed by atoms with van der Waals surface area (Å²) in [7, 11) is 1.70. The molecule has 1 saturated heterocycles. The Labute approximate surface area is 215 Å². The van der Waals surface area contributed by atoms with E-state index in [2.05, 4.69) is 79.4 Å². The largest absolute Gasteiger partial charge is 0.497 e. The van der Waals surface area contributed by atoms with Crippen LogP contribution in [0, 0.1) is 0 Å². The molecule has 35 heavy (non-hydrogen) atoms. The standard InChI is InChI=1S/C30H35NO3.ClH/c1-30(2)29(23-11-13-24(14-12-23)33-20-19-31-17-7-8-18-31)28(22-9-5-4-6-10-22)26-16-15-25(32-3)21-27(26)34-30;/h4-6,9-16,21,28-29H,7-8,17-20H2,1-3H3;1H. The zero-order valence-electron chi connectivity index (χ0n) is 20.9. The minimum atomic E-state index is -0.405. The molecule has 2 heterocycles. The van der Waals surface area contributed by atoms with Gasteiger partial charge in [-0.25, -0.2) is 0 Å². The fraction of sp³-hybridized carbons (Fsp3) is 0.400. The first-order valence-electron chi connectivity index (χ1n) is 12.4. The Morgan fingerprint density at radius 3 is 2.26 bits per heavy atom. The maximum absolute atomic E-state index is 6.62. The van der Waals surface area contributed by atoms with Gasteiger partial charge in [-0.15, -0.1) is 12.4 Å². The van der Waals surface area contributed by atoms with Crippen LogP contribution in [0.4, 0.5) is 0 Å². The minimum absolute atomic E-state index is 0. The summed E-state index contributed by atoms with van der Waals surface area (Å²) in [6, 6.07) is 25.6. The number of benzene rings is 3. The van der Waals surface area contributed by atoms with Crippen LogP contribution in [0.5, 0.6) is 17.2 Å². The molecule has 0 N–H and O–H groups in total. The molecule has 2 atom stereocenters. The molecule has 186 valence electrons. The number of methoxy groups -OCH3 is 1. The molecule has 0 saturated carbocycles. The van der Waals surface area contributed by atoms with Gasteiger partial charge in [-0.3, -0.25) is 4.90 Å². The number of halogens is 1. The van der Waals surface area contributed by atoms with Gasteiger partial charge in [-0.05, 0) is 69.1 Å². The lowest BCUT2D eigenvalue weighted by Crippen LogP contribution is -2.43. The normalized spacial score (nSPS) is 20.9. The second kappa shape index (κ2) is 10.9. The predicted octanol–water partition coefficient (Wildman–Crippen LogP) is 6.68. The van der Waals surface area contributed by atoms with Crippen LogP contribution in [0.25, 0.3) is 0 Å². The monoisotopic (exact) mass is 493 g/mol. The summed E-state index contributed by atoms with van der Waals surface area (Å²) >= 11 is 0. The summed E-state index contributed by atoms with van der Waals surface area (Å²) in [5.41, 5.74) is 3.34. The number of nitrogens with zero attached hydrogens (tertiary/aromatic N) is 1. The lowest BCUT2D eigenvalue weighted by Gasteiger charge is -2.45. The number of ether oxygens (including phenoxy) is 3. The Balaban J connectivity index is 0.00000289. The number of likely N-dealkylation sites (tertiary alicyclic amines) is 1. The Kier molecular flexibility index (Phi) is 7.93. The van der Waals surface area contributed by atoms with Crippen molar-refractivity contribution in [2.75, 3.05) is 33.4 Å². The van der Waals surface area contributed by atoms with E-state index in [4.69, 9.17) is 14.2 Å². The van der Waals surface area contributed by atoms with Crippen LogP contribution in [0.1, 0.15) is 55.2 Å². The first-order chi connectivity index (χ1) is 16.5. The number of fused-ring (bicyclic) bond motifs is 1. The quantitative estimate of drug-likeness (QED) is 0.367. The van der Waals surface area contributed by atoms with Gasteiger partial charge in [0, 0.05) is 30.0 Å². The van der Waals surface area contributed by atoms with E-state index in [0.717, 1.165) is 30.4 Å². The molecule has 3 aromatic rings. The molecule has 2 aliphatic rings. The highest BCUT2D eigenvalue weighted by molar-refractivity contribution is 5.85. The summed E-state index contributed by atoms with van der Waals surface area (Å²) in [4.78, 5) is 2.48. The second-order valence-electron chi connectivity index (χ2n) is 9.94. The van der Waals surface area contributed by atoms with E-state index in [-0.39, 0.29) is 24.2 Å². The second-order valence-corrected chi connectivity index (χ2v) is 9.94. The maximum atomic E-state index is 6.62. The van der Waals surface area contributed by atoms with Gasteiger partial charge in [0.1, 0.15) is 29.5 Å². The molecular weight excluding hydrogens is 458 g/mol. The average Bonchev–Trinajstić information content (AvgIpc) is 3.37. The molecule has 5 rings (SSSR count). The zero-order chi connectivity index (χ0) is 23.5. The molecular formula is C30H36ClNO3. The van der Waals surface area contributed by atoms with E-state index in [1.54, 1.807) is 7.11 Å². The van der Waals surface area contributed by atoms with Crippen molar-refractivity contribution in [3.8, 4) is 17.2 Å². The van der Waals surface area contributed by atoms with Crippen molar-refractivity contribution >= 4 is 12.4 Å². The molecule has 1 fully saturated rings. The molecule has 3 aromatic carbocycles. The van der Waals surface area contributed by atoms with E-state index < -0.39 is 5.60 Å². The Morgan fingerprint density at radius 2 is 1.57 bits per heavy atom. The summed E-state index contributed by atoms with van der Waals surface area (Å²) in [6.45, 7) is 8.52. The van der Waals surface area contributed by atoms with Crippen LogP contribution in [-0.2, 0) is 0 Å². The van der Waals surface area contributed by atoms with Crippen molar-refractivity contribution in [2.24, 2.45) is 0 Å². The van der Waals surface area contributed by atoms with Crippen LogP contribution >= 0.6 is 12.4 Å². The van der Waals surface area contributed by atoms with Crippen molar-refractivity contribution in [3.05, 3.63) is 89.5 Å². The Morgan fingerprint density at radius 1 is 0.886 bits per heavy atom. The van der Waals surface area contributed by atoms with Crippen molar-refractivity contribution in [1.82, 2.24) is 4.90 Å². The molecule has 0 bridgehead atoms. The molecule has 4 nitrogen and oxygen atoms in total. The topological polar surface area (TPSA) is 30.9 Å². The summed E-state index contributed by atoms with van der Waals surface area (Å²) < 4.78 is 18.2. The predicted molar refractivity (Wildman–Crippen MR) is 144 cm³/mol. The van der Waals surface area contributed by atoms with E-state index >= 15 is 0 Å². The van der Waals surface area contributed by atoms with Gasteiger partial charge >= 0.3 is 0 Å². The van der Waals surface area contributed by atoms with Crippen LogP contribution in [0.2, 0.25) is 0 Å². The van der Waals surface area contributed by atoms with Gasteiger partial charge in [-0.2, -0.15) is 0 Å². The SMILES string of the molecule is COc1ccc2c(c1)OC(C)(C)C(c1ccc(OCCN3CCCC3)cc1)C2c1ccccc1.Cl. The van der Waals surface area contributed by atoms with Gasteiger partial charge in [0.15, 0.2) is 0 Å². The number of hydrogen-bond acceptors (Lipinski definition) is 4. The fourth-order valence-corrected chi connectivity index (χ4v) is 5.61. The Hall–Kier alpha value is -2.69. The van der Waals surface area contributed by atoms with Crippen LogP contribution in [-0.4, -0.2) is 43.9 Å². The third kappa shape index (κ3) is 5.44. The van der Waals surface area contributed by atoms with Gasteiger partial charge in [0.2, 0.25) is 0 Å². The lowest BCUT2D eigenvalue weighted by molar-refractivity contribution is 0.0528. The lowest BCUT2D eigenvalue weighted by atomic mass is 9.68. The van der Waals surface area contributed by atoms with Gasteiger partial charge in [0.25, 0.3) is 0 Å². The first-order valence-corrected chi connectivity index (χ1v) is 12.4. The van der Waals surface area contributed by atoms with Crippen LogP contribution in [0.3, 0.4) is 0 Å². The molecule has 2 aliphatic heterocycles. The molecule has 0 aromatic heterocycles. The van der Waals surface area contributed by atoms with Gasteiger partial charge in [0.05, 0.1) is 7.11 Å². The Bertz CT molecular complexity index is 1090. The van der Waals surface area contributed by atoms with E-state index in [1.807, 2.05) is 12.1 Å². The van der Waals surface area contributed by atoms with E-state index in [1.165, 1.54) is 42.6 Å². The van der Waals surface area contributed by atoms with Gasteiger partial charge < -0.3 is 14.2 Å².